The number of halogens is 2. The van der Waals surface area contributed by atoms with Crippen LogP contribution < -0.4 is 4.74 Å². The lowest BCUT2D eigenvalue weighted by molar-refractivity contribution is 0.464. The van der Waals surface area contributed by atoms with Crippen LogP contribution in [0.1, 0.15) is 0 Å². The van der Waals surface area contributed by atoms with Crippen LogP contribution in [0.15, 0.2) is 42.5 Å². The Morgan fingerprint density at radius 2 is 1.44 bits per heavy atom. The Labute approximate surface area is 103 Å². The number of ether oxygens (including phenoxy) is 1. The van der Waals surface area contributed by atoms with Crippen molar-refractivity contribution in [3.05, 3.63) is 52.5 Å². The summed E-state index contributed by atoms with van der Waals surface area (Å²) in [5.74, 6) is 1.41. The molecule has 0 bridgehead atoms. The summed E-state index contributed by atoms with van der Waals surface area (Å²) in [7, 11) is 0. The molecular formula is C12H8Cl2O2. The fourth-order valence-electron chi connectivity index (χ4n) is 1.19. The first-order chi connectivity index (χ1) is 7.65. The van der Waals surface area contributed by atoms with Gasteiger partial charge >= 0.3 is 0 Å². The van der Waals surface area contributed by atoms with Crippen molar-refractivity contribution in [3.63, 3.8) is 0 Å². The molecule has 2 nitrogen and oxygen atoms in total. The van der Waals surface area contributed by atoms with Gasteiger partial charge < -0.3 is 9.84 Å². The van der Waals surface area contributed by atoms with E-state index in [1.807, 2.05) is 0 Å². The molecule has 0 saturated carbocycles. The van der Waals surface area contributed by atoms with E-state index in [4.69, 9.17) is 33.0 Å². The smallest absolute Gasteiger partial charge is 0.129 e. The summed E-state index contributed by atoms with van der Waals surface area (Å²) in [4.78, 5) is 0. The Morgan fingerprint density at radius 3 is 2.06 bits per heavy atom. The first kappa shape index (κ1) is 11.1. The average molecular weight is 255 g/mol. The van der Waals surface area contributed by atoms with Gasteiger partial charge in [-0.15, -0.1) is 0 Å². The monoisotopic (exact) mass is 254 g/mol. The minimum Gasteiger partial charge on any atom is -0.508 e. The normalized spacial score (nSPS) is 10.1. The number of hydrogen-bond acceptors (Lipinski definition) is 2. The molecule has 2 aromatic carbocycles. The van der Waals surface area contributed by atoms with Gasteiger partial charge in [0.1, 0.15) is 17.2 Å². The van der Waals surface area contributed by atoms with Gasteiger partial charge in [0.2, 0.25) is 0 Å². The largest absolute Gasteiger partial charge is 0.508 e. The summed E-state index contributed by atoms with van der Waals surface area (Å²) < 4.78 is 5.51. The van der Waals surface area contributed by atoms with E-state index >= 15 is 0 Å². The van der Waals surface area contributed by atoms with Crippen molar-refractivity contribution in [2.24, 2.45) is 0 Å². The zero-order chi connectivity index (χ0) is 11.5. The quantitative estimate of drug-likeness (QED) is 0.856. The van der Waals surface area contributed by atoms with E-state index < -0.39 is 0 Å². The van der Waals surface area contributed by atoms with Crippen LogP contribution >= 0.6 is 23.2 Å². The van der Waals surface area contributed by atoms with Gasteiger partial charge in [-0.05, 0) is 36.4 Å². The van der Waals surface area contributed by atoms with Gasteiger partial charge in [-0.3, -0.25) is 0 Å². The Morgan fingerprint density at radius 1 is 0.812 bits per heavy atom. The first-order valence-electron chi connectivity index (χ1n) is 4.57. The SMILES string of the molecule is Oc1ccc(Oc2ccc(Cl)c(Cl)c2)cc1. The van der Waals surface area contributed by atoms with Gasteiger partial charge in [0.15, 0.2) is 0 Å². The zero-order valence-corrected chi connectivity index (χ0v) is 9.66. The molecule has 0 aliphatic rings. The molecule has 0 spiro atoms. The molecule has 2 rings (SSSR count). The lowest BCUT2D eigenvalue weighted by atomic mass is 10.3. The average Bonchev–Trinajstić information content (AvgIpc) is 2.27. The lowest BCUT2D eigenvalue weighted by Crippen LogP contribution is -1.83. The molecule has 0 unspecified atom stereocenters. The van der Waals surface area contributed by atoms with Crippen LogP contribution in [0.2, 0.25) is 10.0 Å². The second-order valence-electron chi connectivity index (χ2n) is 3.17. The van der Waals surface area contributed by atoms with Crippen molar-refractivity contribution in [3.8, 4) is 17.2 Å². The summed E-state index contributed by atoms with van der Waals surface area (Å²) in [6.45, 7) is 0. The van der Waals surface area contributed by atoms with Crippen LogP contribution in [0, 0.1) is 0 Å². The molecule has 16 heavy (non-hydrogen) atoms. The van der Waals surface area contributed by atoms with Gasteiger partial charge in [0.05, 0.1) is 10.0 Å². The number of rotatable bonds is 2. The molecule has 0 fully saturated rings. The maximum Gasteiger partial charge on any atom is 0.129 e. The Kier molecular flexibility index (Phi) is 3.22. The number of phenolic OH excluding ortho intramolecular Hbond substituents is 1. The van der Waals surface area contributed by atoms with E-state index in [9.17, 15) is 0 Å². The van der Waals surface area contributed by atoms with Gasteiger partial charge in [-0.2, -0.15) is 0 Å². The molecule has 0 heterocycles. The maximum absolute atomic E-state index is 9.11. The third-order valence-electron chi connectivity index (χ3n) is 1.96. The predicted molar refractivity (Wildman–Crippen MR) is 64.6 cm³/mol. The summed E-state index contributed by atoms with van der Waals surface area (Å²) in [6, 6.07) is 11.5. The second kappa shape index (κ2) is 4.64. The molecule has 82 valence electrons. The van der Waals surface area contributed by atoms with Gasteiger partial charge in [0.25, 0.3) is 0 Å². The van der Waals surface area contributed by atoms with Crippen molar-refractivity contribution >= 4 is 23.2 Å². The molecule has 2 aromatic rings. The molecule has 0 aliphatic heterocycles. The highest BCUT2D eigenvalue weighted by atomic mass is 35.5. The van der Waals surface area contributed by atoms with Crippen LogP contribution in [0.25, 0.3) is 0 Å². The van der Waals surface area contributed by atoms with Crippen LogP contribution in [-0.4, -0.2) is 5.11 Å². The van der Waals surface area contributed by atoms with Crippen LogP contribution in [-0.2, 0) is 0 Å². The lowest BCUT2D eigenvalue weighted by Gasteiger charge is -2.06. The summed E-state index contributed by atoms with van der Waals surface area (Å²) >= 11 is 11.6. The fraction of sp³-hybridized carbons (Fsp3) is 0. The summed E-state index contributed by atoms with van der Waals surface area (Å²) in [5.41, 5.74) is 0. The van der Waals surface area contributed by atoms with E-state index in [1.54, 1.807) is 42.5 Å². The molecule has 1 N–H and O–H groups in total. The summed E-state index contributed by atoms with van der Waals surface area (Å²) in [6.07, 6.45) is 0. The minimum absolute atomic E-state index is 0.196. The summed E-state index contributed by atoms with van der Waals surface area (Å²) in [5, 5.41) is 10.0. The highest BCUT2D eigenvalue weighted by molar-refractivity contribution is 6.42. The standard InChI is InChI=1S/C12H8Cl2O2/c13-11-6-5-10(7-12(11)14)16-9-3-1-8(15)2-4-9/h1-7,15H. The highest BCUT2D eigenvalue weighted by Gasteiger charge is 2.01. The van der Waals surface area contributed by atoms with Crippen molar-refractivity contribution in [1.29, 1.82) is 0 Å². The van der Waals surface area contributed by atoms with Gasteiger partial charge in [0, 0.05) is 6.07 Å². The van der Waals surface area contributed by atoms with E-state index in [-0.39, 0.29) is 5.75 Å². The number of phenols is 1. The minimum atomic E-state index is 0.196. The highest BCUT2D eigenvalue weighted by Crippen LogP contribution is 2.29. The Bertz CT molecular complexity index is 495. The van der Waals surface area contributed by atoms with E-state index in [1.165, 1.54) is 0 Å². The Balaban J connectivity index is 2.20. The molecule has 4 heteroatoms. The van der Waals surface area contributed by atoms with E-state index in [2.05, 4.69) is 0 Å². The molecule has 0 amide bonds. The Hall–Kier alpha value is -1.38. The van der Waals surface area contributed by atoms with Gasteiger partial charge in [-0.25, -0.2) is 0 Å². The topological polar surface area (TPSA) is 29.5 Å². The van der Waals surface area contributed by atoms with Crippen molar-refractivity contribution in [1.82, 2.24) is 0 Å². The van der Waals surface area contributed by atoms with Crippen molar-refractivity contribution in [2.75, 3.05) is 0 Å². The van der Waals surface area contributed by atoms with Gasteiger partial charge in [-0.1, -0.05) is 23.2 Å². The fourth-order valence-corrected chi connectivity index (χ4v) is 1.48. The van der Waals surface area contributed by atoms with Crippen LogP contribution in [0.3, 0.4) is 0 Å². The van der Waals surface area contributed by atoms with Crippen molar-refractivity contribution < 1.29 is 9.84 Å². The van der Waals surface area contributed by atoms with E-state index in [0.29, 0.717) is 21.5 Å². The maximum atomic E-state index is 9.11. The third kappa shape index (κ3) is 2.60. The predicted octanol–water partition coefficient (Wildman–Crippen LogP) is 4.49. The molecular weight excluding hydrogens is 247 g/mol. The van der Waals surface area contributed by atoms with E-state index in [0.717, 1.165) is 0 Å². The molecule has 0 saturated heterocycles. The second-order valence-corrected chi connectivity index (χ2v) is 3.99. The number of benzene rings is 2. The van der Waals surface area contributed by atoms with Crippen LogP contribution in [0.5, 0.6) is 17.2 Å². The van der Waals surface area contributed by atoms with Crippen LogP contribution in [0.4, 0.5) is 0 Å². The molecule has 0 aromatic heterocycles. The molecule has 0 atom stereocenters. The van der Waals surface area contributed by atoms with Crippen molar-refractivity contribution in [2.45, 2.75) is 0 Å². The zero-order valence-electron chi connectivity index (χ0n) is 8.15. The molecule has 0 radical (unpaired) electrons. The number of hydrogen-bond donors (Lipinski definition) is 1. The first-order valence-corrected chi connectivity index (χ1v) is 5.33. The number of aromatic hydroxyl groups is 1. The molecule has 0 aliphatic carbocycles. The third-order valence-corrected chi connectivity index (χ3v) is 2.70.